The number of hydrogen-bond acceptors (Lipinski definition) is 3. The van der Waals surface area contributed by atoms with Crippen molar-refractivity contribution in [1.29, 1.82) is 0 Å². The van der Waals surface area contributed by atoms with Gasteiger partial charge in [0.05, 0.1) is 19.7 Å². The number of imidazole rings is 1. The number of nitrogens with two attached hydrogens (primary N) is 1. The van der Waals surface area contributed by atoms with Gasteiger partial charge in [-0.3, -0.25) is 5.73 Å². The van der Waals surface area contributed by atoms with Crippen LogP contribution in [0, 0.1) is 0 Å². The van der Waals surface area contributed by atoms with Crippen LogP contribution in [0.15, 0.2) is 48.5 Å². The minimum atomic E-state index is -0.639. The van der Waals surface area contributed by atoms with Gasteiger partial charge in [-0.2, -0.15) is 0 Å². The van der Waals surface area contributed by atoms with E-state index in [4.69, 9.17) is 10.5 Å². The fraction of sp³-hybridized carbons (Fsp3) is 0.458. The Labute approximate surface area is 178 Å². The van der Waals surface area contributed by atoms with Crippen molar-refractivity contribution in [3.05, 3.63) is 54.1 Å². The predicted octanol–water partition coefficient (Wildman–Crippen LogP) is 1.71. The first kappa shape index (κ1) is 20.7. The summed E-state index contributed by atoms with van der Waals surface area (Å²) in [6, 6.07) is 15.9. The Morgan fingerprint density at radius 1 is 1.10 bits per heavy atom. The van der Waals surface area contributed by atoms with Gasteiger partial charge in [-0.1, -0.05) is 24.3 Å². The number of benzene rings is 2. The van der Waals surface area contributed by atoms with Crippen LogP contribution < -0.4 is 19.9 Å². The van der Waals surface area contributed by atoms with E-state index < -0.39 is 6.10 Å². The smallest absolute Gasteiger partial charge is 0.356 e. The molecular formula is C24H34N4O2+2. The van der Waals surface area contributed by atoms with Gasteiger partial charge < -0.3 is 14.7 Å². The van der Waals surface area contributed by atoms with Crippen LogP contribution in [0.25, 0.3) is 11.0 Å². The number of aliphatic hydroxyl groups is 1. The Hall–Kier alpha value is -2.57. The number of aromatic nitrogens is 2. The van der Waals surface area contributed by atoms with Crippen molar-refractivity contribution in [3.63, 3.8) is 0 Å². The molecule has 2 aromatic carbocycles. The Kier molecular flexibility index (Phi) is 6.55. The van der Waals surface area contributed by atoms with E-state index in [9.17, 15) is 5.11 Å². The topological polar surface area (TPSA) is 68.7 Å². The first-order chi connectivity index (χ1) is 14.7. The highest BCUT2D eigenvalue weighted by Crippen LogP contribution is 2.21. The van der Waals surface area contributed by atoms with Gasteiger partial charge in [0, 0.05) is 0 Å². The van der Waals surface area contributed by atoms with E-state index in [1.54, 1.807) is 4.90 Å². The lowest BCUT2D eigenvalue weighted by molar-refractivity contribution is -0.905. The number of anilines is 1. The third-order valence-electron chi connectivity index (χ3n) is 6.20. The zero-order valence-corrected chi connectivity index (χ0v) is 17.9. The molecule has 0 radical (unpaired) electrons. The second-order valence-corrected chi connectivity index (χ2v) is 8.19. The molecule has 4 N–H and O–H groups in total. The van der Waals surface area contributed by atoms with Gasteiger partial charge in [-0.05, 0) is 56.0 Å². The minimum Gasteiger partial charge on any atom is -0.494 e. The Morgan fingerprint density at radius 3 is 2.57 bits per heavy atom. The summed E-state index contributed by atoms with van der Waals surface area (Å²) >= 11 is 0. The lowest BCUT2D eigenvalue weighted by Crippen LogP contribution is -3.13. The van der Waals surface area contributed by atoms with Crippen molar-refractivity contribution in [3.8, 4) is 5.75 Å². The average molecular weight is 411 g/mol. The number of para-hydroxylation sites is 2. The molecule has 30 heavy (non-hydrogen) atoms. The molecule has 4 rings (SSSR count). The van der Waals surface area contributed by atoms with Crippen molar-refractivity contribution in [2.24, 2.45) is 0 Å². The van der Waals surface area contributed by atoms with E-state index >= 15 is 0 Å². The Bertz CT molecular complexity index is 961. The van der Waals surface area contributed by atoms with Gasteiger partial charge in [-0.15, -0.1) is 0 Å². The fourth-order valence-corrected chi connectivity index (χ4v) is 4.54. The fourth-order valence-electron chi connectivity index (χ4n) is 4.54. The first-order valence-electron chi connectivity index (χ1n) is 11.2. The third kappa shape index (κ3) is 4.45. The molecule has 3 aromatic rings. The van der Waals surface area contributed by atoms with Crippen LogP contribution in [0.2, 0.25) is 0 Å². The molecule has 160 valence electrons. The van der Waals surface area contributed by atoms with Crippen LogP contribution in [-0.4, -0.2) is 35.9 Å². The molecule has 6 heteroatoms. The number of hydrogen-bond donors (Lipinski definition) is 3. The number of nitrogens with one attached hydrogen (secondary N) is 1. The summed E-state index contributed by atoms with van der Waals surface area (Å²) in [5, 5.41) is 10.9. The van der Waals surface area contributed by atoms with E-state index in [1.165, 1.54) is 32.4 Å². The van der Waals surface area contributed by atoms with Crippen molar-refractivity contribution < 1.29 is 19.3 Å². The number of rotatable bonds is 8. The molecule has 6 nitrogen and oxygen atoms in total. The number of aliphatic hydroxyl groups excluding tert-OH is 1. The zero-order valence-electron chi connectivity index (χ0n) is 17.9. The summed E-state index contributed by atoms with van der Waals surface area (Å²) in [6.45, 7) is 7.52. The summed E-state index contributed by atoms with van der Waals surface area (Å²) in [5.41, 5.74) is 9.66. The van der Waals surface area contributed by atoms with Crippen molar-refractivity contribution in [1.82, 2.24) is 4.57 Å². The molecule has 1 aliphatic rings. The maximum absolute atomic E-state index is 10.9. The van der Waals surface area contributed by atoms with Gasteiger partial charge in [0.15, 0.2) is 0 Å². The van der Waals surface area contributed by atoms with E-state index in [-0.39, 0.29) is 0 Å². The SMILES string of the molecule is CCOc1ccc([C@@H](O)C[n+]2c(N)n(CC[NH+]3CCCCC3)c3ccccc32)cc1. The highest BCUT2D eigenvalue weighted by Gasteiger charge is 2.24. The van der Waals surface area contributed by atoms with Crippen molar-refractivity contribution in [2.45, 2.75) is 45.4 Å². The molecule has 1 fully saturated rings. The molecule has 0 spiro atoms. The minimum absolute atomic E-state index is 0.421. The molecule has 0 bridgehead atoms. The summed E-state index contributed by atoms with van der Waals surface area (Å²) in [6.07, 6.45) is 3.37. The van der Waals surface area contributed by atoms with E-state index in [0.29, 0.717) is 19.1 Å². The van der Waals surface area contributed by atoms with E-state index in [2.05, 4.69) is 22.8 Å². The average Bonchev–Trinajstić information content (AvgIpc) is 3.04. The summed E-state index contributed by atoms with van der Waals surface area (Å²) in [7, 11) is 0. The number of nitrogens with zero attached hydrogens (tertiary/aromatic N) is 2. The Balaban J connectivity index is 1.55. The highest BCUT2D eigenvalue weighted by atomic mass is 16.5. The number of quaternary nitrogens is 1. The standard InChI is InChI=1S/C24H32N4O2/c1-2-30-20-12-10-19(11-13-20)23(29)18-28-22-9-5-4-8-21(22)27(24(28)25)17-16-26-14-6-3-7-15-26/h4-5,8-13,23,25,29H,2-3,6-7,14-18H2,1H3/p+2/t23-/m0/s1. The zero-order chi connectivity index (χ0) is 20.9. The van der Waals surface area contributed by atoms with E-state index in [1.807, 2.05) is 41.8 Å². The lowest BCUT2D eigenvalue weighted by atomic mass is 10.1. The van der Waals surface area contributed by atoms with Gasteiger partial charge in [0.25, 0.3) is 0 Å². The first-order valence-corrected chi connectivity index (χ1v) is 11.2. The van der Waals surface area contributed by atoms with Crippen LogP contribution in [0.5, 0.6) is 5.75 Å². The summed E-state index contributed by atoms with van der Waals surface area (Å²) in [5.74, 6) is 1.52. The molecule has 1 saturated heterocycles. The second kappa shape index (κ2) is 9.49. The lowest BCUT2D eigenvalue weighted by Gasteiger charge is -2.22. The van der Waals surface area contributed by atoms with Gasteiger partial charge in [0.1, 0.15) is 42.5 Å². The number of piperidine rings is 1. The quantitative estimate of drug-likeness (QED) is 0.495. The molecule has 1 aromatic heterocycles. The van der Waals surface area contributed by atoms with Crippen LogP contribution in [0.1, 0.15) is 37.9 Å². The van der Waals surface area contributed by atoms with Crippen LogP contribution in [0.4, 0.5) is 5.95 Å². The summed E-state index contributed by atoms with van der Waals surface area (Å²) < 4.78 is 9.76. The largest absolute Gasteiger partial charge is 0.494 e. The molecule has 0 aliphatic carbocycles. The number of fused-ring (bicyclic) bond motifs is 1. The summed E-state index contributed by atoms with van der Waals surface area (Å²) in [4.78, 5) is 1.67. The number of likely N-dealkylation sites (tertiary alicyclic amines) is 1. The maximum Gasteiger partial charge on any atom is 0.356 e. The third-order valence-corrected chi connectivity index (χ3v) is 6.20. The highest BCUT2D eigenvalue weighted by molar-refractivity contribution is 5.73. The molecule has 1 aliphatic heterocycles. The molecule has 1 atom stereocenters. The molecule has 0 amide bonds. The molecule has 0 unspecified atom stereocenters. The molecular weight excluding hydrogens is 376 g/mol. The normalized spacial score (nSPS) is 16.1. The van der Waals surface area contributed by atoms with Gasteiger partial charge >= 0.3 is 5.95 Å². The number of nitrogen functional groups attached to an aromatic ring is 1. The molecule has 0 saturated carbocycles. The van der Waals surface area contributed by atoms with Crippen LogP contribution >= 0.6 is 0 Å². The molecule has 2 heterocycles. The van der Waals surface area contributed by atoms with Gasteiger partial charge in [0.2, 0.25) is 0 Å². The second-order valence-electron chi connectivity index (χ2n) is 8.19. The van der Waals surface area contributed by atoms with Crippen LogP contribution in [0.3, 0.4) is 0 Å². The predicted molar refractivity (Wildman–Crippen MR) is 119 cm³/mol. The van der Waals surface area contributed by atoms with Crippen molar-refractivity contribution in [2.75, 3.05) is 32.0 Å². The van der Waals surface area contributed by atoms with Crippen molar-refractivity contribution >= 4 is 17.0 Å². The van der Waals surface area contributed by atoms with E-state index in [0.717, 1.165) is 35.4 Å². The number of ether oxygens (including phenoxy) is 1. The Morgan fingerprint density at radius 2 is 1.83 bits per heavy atom. The van der Waals surface area contributed by atoms with Gasteiger partial charge in [-0.25, -0.2) is 9.13 Å². The maximum atomic E-state index is 10.9. The monoisotopic (exact) mass is 410 g/mol. The van der Waals surface area contributed by atoms with Crippen LogP contribution in [-0.2, 0) is 13.1 Å².